The molecule has 1 aromatic carbocycles. The summed E-state index contributed by atoms with van der Waals surface area (Å²) in [6, 6.07) is 4.09. The number of nitrogens with one attached hydrogen (secondary N) is 1. The number of amides is 1. The molecule has 5 N–H and O–H groups in total. The lowest BCUT2D eigenvalue weighted by Crippen LogP contribution is -2.31. The van der Waals surface area contributed by atoms with Crippen molar-refractivity contribution >= 4 is 27.9 Å². The van der Waals surface area contributed by atoms with Crippen LogP contribution in [0, 0.1) is 17.6 Å². The highest BCUT2D eigenvalue weighted by Crippen LogP contribution is 2.39. The maximum absolute atomic E-state index is 14.8. The molecule has 1 aliphatic rings. The van der Waals surface area contributed by atoms with E-state index in [0.29, 0.717) is 11.6 Å². The number of ether oxygens (including phenoxy) is 2. The van der Waals surface area contributed by atoms with Crippen molar-refractivity contribution in [2.45, 2.75) is 38.1 Å². The van der Waals surface area contributed by atoms with Crippen molar-refractivity contribution in [2.75, 3.05) is 31.4 Å². The lowest BCUT2D eigenvalue weighted by atomic mass is 9.76. The van der Waals surface area contributed by atoms with Crippen molar-refractivity contribution < 1.29 is 23.0 Å². The normalized spacial score (nSPS) is 19.8. The molecule has 8 nitrogen and oxygen atoms in total. The van der Waals surface area contributed by atoms with E-state index in [1.165, 1.54) is 7.11 Å². The Kier molecular flexibility index (Phi) is 8.12. The summed E-state index contributed by atoms with van der Waals surface area (Å²) in [5, 5.41) is 2.82. The molecule has 0 saturated heterocycles. The number of carbonyl (C=O) groups is 1. The Labute approximate surface area is 212 Å². The number of nitrogens with zero attached hydrogens (tertiary/aromatic N) is 2. The van der Waals surface area contributed by atoms with Gasteiger partial charge in [-0.25, -0.2) is 13.8 Å². The Hall–Kier alpha value is -3.15. The minimum Gasteiger partial charge on any atom is -0.491 e. The van der Waals surface area contributed by atoms with Crippen molar-refractivity contribution in [1.29, 1.82) is 0 Å². The van der Waals surface area contributed by atoms with Gasteiger partial charge >= 0.3 is 0 Å². The SMILES string of the molecule is COCCOc1cc(F)c(-c2nc(C(=O)Nc3cnccc3[C@@H]3C[C@H](C)C[C@H](N)C3)c(N)s2)c(F)c1. The van der Waals surface area contributed by atoms with Crippen LogP contribution >= 0.6 is 11.3 Å². The van der Waals surface area contributed by atoms with E-state index in [1.54, 1.807) is 12.4 Å². The molecule has 0 radical (unpaired) electrons. The van der Waals surface area contributed by atoms with Crippen LogP contribution in [0.25, 0.3) is 10.6 Å². The average molecular weight is 518 g/mol. The van der Waals surface area contributed by atoms with E-state index >= 15 is 0 Å². The van der Waals surface area contributed by atoms with Gasteiger partial charge in [0.25, 0.3) is 5.91 Å². The number of aromatic nitrogens is 2. The Morgan fingerprint density at radius 3 is 2.67 bits per heavy atom. The molecule has 3 aromatic rings. The summed E-state index contributed by atoms with van der Waals surface area (Å²) in [5.41, 5.74) is 13.3. The molecule has 0 unspecified atom stereocenters. The molecule has 1 aliphatic carbocycles. The fourth-order valence-electron chi connectivity index (χ4n) is 4.64. The molecule has 36 heavy (non-hydrogen) atoms. The van der Waals surface area contributed by atoms with Gasteiger partial charge in [-0.05, 0) is 42.7 Å². The van der Waals surface area contributed by atoms with Crippen LogP contribution in [0.3, 0.4) is 0 Å². The third-order valence-corrected chi connectivity index (χ3v) is 7.08. The highest BCUT2D eigenvalue weighted by molar-refractivity contribution is 7.19. The van der Waals surface area contributed by atoms with Crippen LogP contribution in [-0.2, 0) is 4.74 Å². The number of carbonyl (C=O) groups excluding carboxylic acids is 1. The van der Waals surface area contributed by atoms with Gasteiger partial charge in [-0.2, -0.15) is 0 Å². The first kappa shape index (κ1) is 25.9. The van der Waals surface area contributed by atoms with E-state index in [-0.39, 0.29) is 52.2 Å². The topological polar surface area (TPSA) is 125 Å². The number of nitrogens with two attached hydrogens (primary N) is 2. The molecule has 2 heterocycles. The second-order valence-corrected chi connectivity index (χ2v) is 10.1. The second-order valence-electron chi connectivity index (χ2n) is 9.02. The van der Waals surface area contributed by atoms with Gasteiger partial charge in [-0.3, -0.25) is 9.78 Å². The van der Waals surface area contributed by atoms with Crippen molar-refractivity contribution in [2.24, 2.45) is 11.7 Å². The molecule has 0 bridgehead atoms. The van der Waals surface area contributed by atoms with E-state index in [1.807, 2.05) is 6.07 Å². The van der Waals surface area contributed by atoms with Crippen LogP contribution in [0.2, 0.25) is 0 Å². The molecule has 1 amide bonds. The molecule has 0 aliphatic heterocycles. The van der Waals surface area contributed by atoms with Crippen LogP contribution in [-0.4, -0.2) is 42.2 Å². The minimum atomic E-state index is -0.875. The number of methoxy groups -OCH3 is 1. The summed E-state index contributed by atoms with van der Waals surface area (Å²) >= 11 is 0.828. The Bertz CT molecular complexity index is 1210. The zero-order valence-electron chi connectivity index (χ0n) is 20.1. The summed E-state index contributed by atoms with van der Waals surface area (Å²) in [7, 11) is 1.50. The third kappa shape index (κ3) is 5.80. The van der Waals surface area contributed by atoms with Gasteiger partial charge in [0, 0.05) is 31.5 Å². The maximum Gasteiger partial charge on any atom is 0.277 e. The number of benzene rings is 1. The molecule has 0 spiro atoms. The number of pyridine rings is 1. The van der Waals surface area contributed by atoms with Crippen LogP contribution in [0.15, 0.2) is 30.6 Å². The number of hydrogen-bond acceptors (Lipinski definition) is 8. The number of halogens is 2. The van der Waals surface area contributed by atoms with E-state index in [9.17, 15) is 13.6 Å². The smallest absolute Gasteiger partial charge is 0.277 e. The summed E-state index contributed by atoms with van der Waals surface area (Å²) in [5.74, 6) is -1.67. The fraction of sp³-hybridized carbons (Fsp3) is 0.400. The Morgan fingerprint density at radius 1 is 1.22 bits per heavy atom. The Balaban J connectivity index is 1.56. The lowest BCUT2D eigenvalue weighted by Gasteiger charge is -2.32. The number of anilines is 2. The summed E-state index contributed by atoms with van der Waals surface area (Å²) in [4.78, 5) is 21.4. The van der Waals surface area contributed by atoms with Gasteiger partial charge in [-0.15, -0.1) is 0 Å². The van der Waals surface area contributed by atoms with Crippen molar-refractivity contribution in [3.63, 3.8) is 0 Å². The number of thiazole rings is 1. The van der Waals surface area contributed by atoms with Crippen LogP contribution < -0.4 is 21.5 Å². The van der Waals surface area contributed by atoms with Crippen molar-refractivity contribution in [1.82, 2.24) is 9.97 Å². The van der Waals surface area contributed by atoms with Gasteiger partial charge in [-0.1, -0.05) is 18.3 Å². The molecule has 4 rings (SSSR count). The molecular formula is C25H29F2N5O3S. The standard InChI is InChI=1S/C25H29F2N5O3S/c1-13-7-14(9-15(28)8-13)17-3-4-30-12-20(17)31-24(33)22-23(29)36-25(32-22)21-18(26)10-16(11-19(21)27)35-6-5-34-2/h3-4,10-15H,5-9,28-29H2,1-2H3,(H,31,33)/t13-,14+,15-/m0/s1. The maximum atomic E-state index is 14.8. The Morgan fingerprint density at radius 2 is 1.97 bits per heavy atom. The first-order chi connectivity index (χ1) is 17.3. The van der Waals surface area contributed by atoms with E-state index in [4.69, 9.17) is 20.9 Å². The van der Waals surface area contributed by atoms with Gasteiger partial charge < -0.3 is 26.3 Å². The second kappa shape index (κ2) is 11.3. The molecule has 1 fully saturated rings. The van der Waals surface area contributed by atoms with Crippen LogP contribution in [0.1, 0.15) is 48.2 Å². The quantitative estimate of drug-likeness (QED) is 0.374. The van der Waals surface area contributed by atoms with E-state index in [0.717, 1.165) is 48.3 Å². The fourth-order valence-corrected chi connectivity index (χ4v) is 5.52. The van der Waals surface area contributed by atoms with E-state index in [2.05, 4.69) is 22.2 Å². The summed E-state index contributed by atoms with van der Waals surface area (Å²) in [6.07, 6.45) is 5.98. The monoisotopic (exact) mass is 517 g/mol. The van der Waals surface area contributed by atoms with Gasteiger partial charge in [0.1, 0.15) is 34.0 Å². The highest BCUT2D eigenvalue weighted by Gasteiger charge is 2.28. The highest BCUT2D eigenvalue weighted by atomic mass is 32.1. The van der Waals surface area contributed by atoms with Crippen molar-refractivity contribution in [3.8, 4) is 16.3 Å². The van der Waals surface area contributed by atoms with Crippen LogP contribution in [0.4, 0.5) is 19.5 Å². The minimum absolute atomic E-state index is 0.0224. The van der Waals surface area contributed by atoms with Crippen LogP contribution in [0.5, 0.6) is 5.75 Å². The number of nitrogen functional groups attached to an aromatic ring is 1. The molecule has 11 heteroatoms. The average Bonchev–Trinajstić information content (AvgIpc) is 3.19. The first-order valence-electron chi connectivity index (χ1n) is 11.6. The molecule has 2 aromatic heterocycles. The van der Waals surface area contributed by atoms with Gasteiger partial charge in [0.05, 0.1) is 24.1 Å². The largest absolute Gasteiger partial charge is 0.491 e. The van der Waals surface area contributed by atoms with E-state index < -0.39 is 17.5 Å². The predicted molar refractivity (Wildman–Crippen MR) is 135 cm³/mol. The molecular weight excluding hydrogens is 488 g/mol. The predicted octanol–water partition coefficient (Wildman–Crippen LogP) is 4.57. The first-order valence-corrected chi connectivity index (χ1v) is 12.5. The van der Waals surface area contributed by atoms with Gasteiger partial charge in [0.2, 0.25) is 0 Å². The number of rotatable bonds is 8. The molecule has 192 valence electrons. The van der Waals surface area contributed by atoms with Gasteiger partial charge in [0.15, 0.2) is 5.69 Å². The molecule has 3 atom stereocenters. The zero-order valence-corrected chi connectivity index (χ0v) is 20.9. The van der Waals surface area contributed by atoms with Crippen molar-refractivity contribution in [3.05, 3.63) is 53.5 Å². The number of hydrogen-bond donors (Lipinski definition) is 3. The lowest BCUT2D eigenvalue weighted by molar-refractivity contribution is 0.102. The zero-order chi connectivity index (χ0) is 25.8. The molecule has 1 saturated carbocycles. The third-order valence-electron chi connectivity index (χ3n) is 6.18. The summed E-state index contributed by atoms with van der Waals surface area (Å²) in [6.45, 7) is 2.59. The summed E-state index contributed by atoms with van der Waals surface area (Å²) < 4.78 is 39.7.